The second kappa shape index (κ2) is 6.25. The predicted molar refractivity (Wildman–Crippen MR) is 73.6 cm³/mol. The molecule has 1 aromatic rings. The molecule has 0 fully saturated rings. The van der Waals surface area contributed by atoms with E-state index in [1.165, 1.54) is 0 Å². The Morgan fingerprint density at radius 3 is 2.75 bits per heavy atom. The topological polar surface area (TPSA) is 32.3 Å². The summed E-state index contributed by atoms with van der Waals surface area (Å²) in [6.45, 7) is 2.98. The summed E-state index contributed by atoms with van der Waals surface area (Å²) in [6, 6.07) is 5.80. The molecule has 0 saturated carbocycles. The number of nitrogens with one attached hydrogen (secondary N) is 1. The first kappa shape index (κ1) is 13.5. The van der Waals surface area contributed by atoms with Crippen LogP contribution >= 0.6 is 31.9 Å². The Balaban J connectivity index is 2.61. The summed E-state index contributed by atoms with van der Waals surface area (Å²) in [6.07, 6.45) is 0. The van der Waals surface area contributed by atoms with Gasteiger partial charge in [0.2, 0.25) is 5.91 Å². The van der Waals surface area contributed by atoms with Crippen molar-refractivity contribution in [1.82, 2.24) is 4.90 Å². The number of carbonyl (C=O) groups is 1. The number of nitrogens with zero attached hydrogens (tertiary/aromatic N) is 1. The molecule has 0 aliphatic rings. The zero-order valence-corrected chi connectivity index (χ0v) is 12.4. The van der Waals surface area contributed by atoms with Crippen LogP contribution in [-0.2, 0) is 4.79 Å². The number of halogens is 2. The molecule has 0 aliphatic heterocycles. The lowest BCUT2D eigenvalue weighted by Gasteiger charge is -2.15. The Morgan fingerprint density at radius 1 is 1.44 bits per heavy atom. The van der Waals surface area contributed by atoms with E-state index >= 15 is 0 Å². The summed E-state index contributed by atoms with van der Waals surface area (Å²) in [5.41, 5.74) is 0.909. The number of amides is 1. The summed E-state index contributed by atoms with van der Waals surface area (Å²) < 4.78 is 1.93. The lowest BCUT2D eigenvalue weighted by Crippen LogP contribution is -2.31. The highest BCUT2D eigenvalue weighted by atomic mass is 79.9. The highest BCUT2D eigenvalue weighted by Crippen LogP contribution is 2.25. The standard InChI is InChI=1S/C11H14Br2N2O/c1-3-15(2)11(16)7-14-10-6-8(12)4-5-9(10)13/h4-6,14H,3,7H2,1-2H3. The second-order valence-corrected chi connectivity index (χ2v) is 5.16. The van der Waals surface area contributed by atoms with Crippen molar-refractivity contribution in [2.24, 2.45) is 0 Å². The number of likely N-dealkylation sites (N-methyl/N-ethyl adjacent to an activating group) is 1. The molecule has 0 atom stereocenters. The molecule has 0 unspecified atom stereocenters. The molecular formula is C11H14Br2N2O. The monoisotopic (exact) mass is 348 g/mol. The predicted octanol–water partition coefficient (Wildman–Crippen LogP) is 3.10. The average Bonchev–Trinajstić information content (AvgIpc) is 2.28. The fourth-order valence-corrected chi connectivity index (χ4v) is 1.86. The van der Waals surface area contributed by atoms with Crippen LogP contribution in [0.2, 0.25) is 0 Å². The van der Waals surface area contributed by atoms with Crippen LogP contribution in [0.15, 0.2) is 27.1 Å². The molecule has 0 spiro atoms. The van der Waals surface area contributed by atoms with Crippen LogP contribution in [0, 0.1) is 0 Å². The van der Waals surface area contributed by atoms with Gasteiger partial charge in [-0.2, -0.15) is 0 Å². The second-order valence-electron chi connectivity index (χ2n) is 3.39. The van der Waals surface area contributed by atoms with Gasteiger partial charge >= 0.3 is 0 Å². The van der Waals surface area contributed by atoms with E-state index in [-0.39, 0.29) is 5.91 Å². The van der Waals surface area contributed by atoms with Crippen LogP contribution in [0.4, 0.5) is 5.69 Å². The Hall–Kier alpha value is -0.550. The Kier molecular flexibility index (Phi) is 5.28. The molecule has 3 nitrogen and oxygen atoms in total. The normalized spacial score (nSPS) is 10.0. The van der Waals surface area contributed by atoms with Gasteiger partial charge in [0.05, 0.1) is 6.54 Å². The molecule has 5 heteroatoms. The first-order valence-corrected chi connectivity index (χ1v) is 6.56. The van der Waals surface area contributed by atoms with Crippen LogP contribution in [0.5, 0.6) is 0 Å². The lowest BCUT2D eigenvalue weighted by atomic mass is 10.3. The van der Waals surface area contributed by atoms with E-state index in [4.69, 9.17) is 0 Å². The van der Waals surface area contributed by atoms with Crippen molar-refractivity contribution in [3.63, 3.8) is 0 Å². The minimum atomic E-state index is 0.0781. The minimum Gasteiger partial charge on any atom is -0.375 e. The Bertz CT molecular complexity index is 382. The number of carbonyl (C=O) groups excluding carboxylic acids is 1. The molecular weight excluding hydrogens is 336 g/mol. The van der Waals surface area contributed by atoms with Crippen molar-refractivity contribution < 1.29 is 4.79 Å². The van der Waals surface area contributed by atoms with Gasteiger partial charge in [0.1, 0.15) is 0 Å². The summed E-state index contributed by atoms with van der Waals surface area (Å²) >= 11 is 6.82. The van der Waals surface area contributed by atoms with Crippen LogP contribution in [-0.4, -0.2) is 30.9 Å². The third kappa shape index (κ3) is 3.79. The summed E-state index contributed by atoms with van der Waals surface area (Å²) in [5, 5.41) is 3.10. The summed E-state index contributed by atoms with van der Waals surface area (Å²) in [7, 11) is 1.79. The van der Waals surface area contributed by atoms with Gasteiger partial charge in [0.25, 0.3) is 0 Å². The van der Waals surface area contributed by atoms with Gasteiger partial charge in [-0.1, -0.05) is 15.9 Å². The highest BCUT2D eigenvalue weighted by molar-refractivity contribution is 9.11. The van der Waals surface area contributed by atoms with Crippen molar-refractivity contribution in [2.75, 3.05) is 25.5 Å². The SMILES string of the molecule is CCN(C)C(=O)CNc1cc(Br)ccc1Br. The molecule has 0 radical (unpaired) electrons. The minimum absolute atomic E-state index is 0.0781. The van der Waals surface area contributed by atoms with Crippen LogP contribution in [0.3, 0.4) is 0 Å². The van der Waals surface area contributed by atoms with Crippen molar-refractivity contribution in [3.05, 3.63) is 27.1 Å². The van der Waals surface area contributed by atoms with Crippen LogP contribution < -0.4 is 5.32 Å². The molecule has 1 N–H and O–H groups in total. The zero-order chi connectivity index (χ0) is 12.1. The molecule has 1 aromatic carbocycles. The fraction of sp³-hybridized carbons (Fsp3) is 0.364. The summed E-state index contributed by atoms with van der Waals surface area (Å²) in [5.74, 6) is 0.0781. The summed E-state index contributed by atoms with van der Waals surface area (Å²) in [4.78, 5) is 13.3. The number of anilines is 1. The largest absolute Gasteiger partial charge is 0.375 e. The molecule has 0 bridgehead atoms. The molecule has 1 rings (SSSR count). The maximum absolute atomic E-state index is 11.6. The van der Waals surface area contributed by atoms with E-state index in [9.17, 15) is 4.79 Å². The van der Waals surface area contributed by atoms with E-state index in [1.807, 2.05) is 25.1 Å². The van der Waals surface area contributed by atoms with Gasteiger partial charge in [-0.15, -0.1) is 0 Å². The lowest BCUT2D eigenvalue weighted by molar-refractivity contribution is -0.127. The van der Waals surface area contributed by atoms with Gasteiger partial charge in [-0.05, 0) is 41.1 Å². The molecule has 0 aliphatic carbocycles. The van der Waals surface area contributed by atoms with E-state index in [0.717, 1.165) is 21.2 Å². The highest BCUT2D eigenvalue weighted by Gasteiger charge is 2.07. The molecule has 0 heterocycles. The number of rotatable bonds is 4. The van der Waals surface area contributed by atoms with Crippen LogP contribution in [0.25, 0.3) is 0 Å². The number of hydrogen-bond donors (Lipinski definition) is 1. The van der Waals surface area contributed by atoms with Gasteiger partial charge in [-0.3, -0.25) is 4.79 Å². The number of hydrogen-bond acceptors (Lipinski definition) is 2. The fourth-order valence-electron chi connectivity index (χ4n) is 1.12. The Morgan fingerprint density at radius 2 is 2.12 bits per heavy atom. The van der Waals surface area contributed by atoms with Gasteiger partial charge < -0.3 is 10.2 Å². The smallest absolute Gasteiger partial charge is 0.241 e. The average molecular weight is 350 g/mol. The molecule has 0 aromatic heterocycles. The maximum Gasteiger partial charge on any atom is 0.241 e. The van der Waals surface area contributed by atoms with Crippen molar-refractivity contribution in [3.8, 4) is 0 Å². The third-order valence-corrected chi connectivity index (χ3v) is 3.44. The number of benzene rings is 1. The first-order chi connectivity index (χ1) is 7.54. The first-order valence-electron chi connectivity index (χ1n) is 4.97. The van der Waals surface area contributed by atoms with E-state index in [1.54, 1.807) is 11.9 Å². The third-order valence-electron chi connectivity index (χ3n) is 2.26. The van der Waals surface area contributed by atoms with Gasteiger partial charge in [-0.25, -0.2) is 0 Å². The van der Waals surface area contributed by atoms with Crippen molar-refractivity contribution in [1.29, 1.82) is 0 Å². The zero-order valence-electron chi connectivity index (χ0n) is 9.26. The van der Waals surface area contributed by atoms with E-state index in [0.29, 0.717) is 6.54 Å². The Labute approximate surface area is 112 Å². The van der Waals surface area contributed by atoms with Gasteiger partial charge in [0, 0.05) is 28.2 Å². The van der Waals surface area contributed by atoms with E-state index < -0.39 is 0 Å². The maximum atomic E-state index is 11.6. The van der Waals surface area contributed by atoms with Crippen LogP contribution in [0.1, 0.15) is 6.92 Å². The molecule has 88 valence electrons. The quantitative estimate of drug-likeness (QED) is 0.905. The van der Waals surface area contributed by atoms with E-state index in [2.05, 4.69) is 37.2 Å². The van der Waals surface area contributed by atoms with Crippen molar-refractivity contribution in [2.45, 2.75) is 6.92 Å². The molecule has 0 saturated heterocycles. The van der Waals surface area contributed by atoms with Gasteiger partial charge in [0.15, 0.2) is 0 Å². The molecule has 16 heavy (non-hydrogen) atoms. The van der Waals surface area contributed by atoms with Crippen molar-refractivity contribution >= 4 is 43.5 Å². The molecule has 1 amide bonds.